The standard InChI is InChI=1S/C14H14N4O5/c1-16-7-14(11(19)15-13(21)17(2)12(14)20)6-8-5-9(18(22)23)3-4-10(8)16/h3-5H,6-7H2,1-2H3,(H,15,19,21). The van der Waals surface area contributed by atoms with Crippen molar-refractivity contribution in [2.45, 2.75) is 6.42 Å². The van der Waals surface area contributed by atoms with Gasteiger partial charge < -0.3 is 4.90 Å². The molecule has 4 amide bonds. The Morgan fingerprint density at radius 2 is 1.96 bits per heavy atom. The highest BCUT2D eigenvalue weighted by molar-refractivity contribution is 6.19. The summed E-state index contributed by atoms with van der Waals surface area (Å²) in [5.41, 5.74) is -0.317. The number of nitrogens with one attached hydrogen (secondary N) is 1. The summed E-state index contributed by atoms with van der Waals surface area (Å²) in [6, 6.07) is 3.58. The molecule has 3 rings (SSSR count). The predicted octanol–water partition coefficient (Wildman–Crippen LogP) is 0.282. The minimum Gasteiger partial charge on any atom is -0.373 e. The maximum Gasteiger partial charge on any atom is 0.330 e. The zero-order chi connectivity index (χ0) is 16.9. The lowest BCUT2D eigenvalue weighted by atomic mass is 9.74. The van der Waals surface area contributed by atoms with E-state index in [9.17, 15) is 24.5 Å². The van der Waals surface area contributed by atoms with Crippen molar-refractivity contribution in [3.05, 3.63) is 33.9 Å². The molecule has 0 bridgehead atoms. The number of nitrogens with zero attached hydrogens (tertiary/aromatic N) is 3. The quantitative estimate of drug-likeness (QED) is 0.452. The van der Waals surface area contributed by atoms with Crippen LogP contribution in [0.15, 0.2) is 18.2 Å². The molecule has 0 aliphatic carbocycles. The lowest BCUT2D eigenvalue weighted by Gasteiger charge is -2.44. The number of nitro groups is 1. The van der Waals surface area contributed by atoms with E-state index in [2.05, 4.69) is 5.32 Å². The van der Waals surface area contributed by atoms with Gasteiger partial charge in [0.05, 0.1) is 4.92 Å². The van der Waals surface area contributed by atoms with Crippen molar-refractivity contribution in [2.24, 2.45) is 5.41 Å². The minimum absolute atomic E-state index is 0.0106. The van der Waals surface area contributed by atoms with E-state index in [-0.39, 0.29) is 18.7 Å². The normalized spacial score (nSPS) is 23.8. The largest absolute Gasteiger partial charge is 0.373 e. The summed E-state index contributed by atoms with van der Waals surface area (Å²) in [6.07, 6.45) is 0.0106. The topological polar surface area (TPSA) is 113 Å². The fraction of sp³-hybridized carbons (Fsp3) is 0.357. The molecule has 23 heavy (non-hydrogen) atoms. The predicted molar refractivity (Wildman–Crippen MR) is 78.8 cm³/mol. The highest BCUT2D eigenvalue weighted by atomic mass is 16.6. The maximum absolute atomic E-state index is 12.6. The summed E-state index contributed by atoms with van der Waals surface area (Å²) >= 11 is 0. The van der Waals surface area contributed by atoms with Crippen molar-refractivity contribution in [3.8, 4) is 0 Å². The van der Waals surface area contributed by atoms with Gasteiger partial charge in [-0.3, -0.25) is 29.9 Å². The molecule has 0 radical (unpaired) electrons. The molecule has 2 aliphatic heterocycles. The number of carbonyl (C=O) groups excluding carboxylic acids is 3. The highest BCUT2D eigenvalue weighted by Gasteiger charge is 2.55. The lowest BCUT2D eigenvalue weighted by molar-refractivity contribution is -0.384. The Labute approximate surface area is 131 Å². The zero-order valence-electron chi connectivity index (χ0n) is 12.5. The van der Waals surface area contributed by atoms with E-state index in [0.717, 1.165) is 10.6 Å². The highest BCUT2D eigenvalue weighted by Crippen LogP contribution is 2.40. The van der Waals surface area contributed by atoms with Crippen molar-refractivity contribution >= 4 is 29.2 Å². The van der Waals surface area contributed by atoms with Crippen molar-refractivity contribution in [1.29, 1.82) is 0 Å². The third-order valence-electron chi connectivity index (χ3n) is 4.36. The molecular weight excluding hydrogens is 304 g/mol. The molecule has 1 aromatic rings. The van der Waals surface area contributed by atoms with Gasteiger partial charge in [0.1, 0.15) is 5.41 Å². The van der Waals surface area contributed by atoms with E-state index >= 15 is 0 Å². The van der Waals surface area contributed by atoms with Gasteiger partial charge in [0.25, 0.3) is 5.69 Å². The molecule has 1 aromatic carbocycles. The molecule has 120 valence electrons. The summed E-state index contributed by atoms with van der Waals surface area (Å²) < 4.78 is 0. The van der Waals surface area contributed by atoms with Crippen LogP contribution >= 0.6 is 0 Å². The molecule has 9 nitrogen and oxygen atoms in total. The van der Waals surface area contributed by atoms with Crippen LogP contribution in [-0.2, 0) is 16.0 Å². The number of fused-ring (bicyclic) bond motifs is 1. The molecular formula is C14H14N4O5. The van der Waals surface area contributed by atoms with Gasteiger partial charge >= 0.3 is 6.03 Å². The van der Waals surface area contributed by atoms with E-state index in [0.29, 0.717) is 5.56 Å². The molecule has 1 saturated heterocycles. The summed E-state index contributed by atoms with van der Waals surface area (Å²) in [4.78, 5) is 49.5. The van der Waals surface area contributed by atoms with Gasteiger partial charge in [-0.05, 0) is 18.1 Å². The molecule has 1 N–H and O–H groups in total. The van der Waals surface area contributed by atoms with Crippen molar-refractivity contribution in [1.82, 2.24) is 10.2 Å². The number of non-ortho nitro benzene ring substituents is 1. The Bertz CT molecular complexity index is 762. The Kier molecular flexibility index (Phi) is 3.10. The number of barbiturate groups is 1. The van der Waals surface area contributed by atoms with E-state index < -0.39 is 28.2 Å². The van der Waals surface area contributed by atoms with Crippen molar-refractivity contribution in [2.75, 3.05) is 25.5 Å². The van der Waals surface area contributed by atoms with Crippen LogP contribution in [0.2, 0.25) is 0 Å². The number of imide groups is 2. The third kappa shape index (κ3) is 2.04. The Morgan fingerprint density at radius 3 is 2.61 bits per heavy atom. The van der Waals surface area contributed by atoms with Crippen LogP contribution in [0.4, 0.5) is 16.2 Å². The molecule has 1 atom stereocenters. The smallest absolute Gasteiger partial charge is 0.330 e. The Hall–Kier alpha value is -2.97. The van der Waals surface area contributed by atoms with Crippen molar-refractivity contribution < 1.29 is 19.3 Å². The first-order valence-electron chi connectivity index (χ1n) is 6.88. The SMILES string of the molecule is CN1C(=O)NC(=O)C2(Cc3cc([N+](=O)[O-])ccc3N(C)C2)C1=O. The number of nitro benzene ring substituents is 1. The number of anilines is 1. The zero-order valence-corrected chi connectivity index (χ0v) is 12.5. The van der Waals surface area contributed by atoms with Crippen molar-refractivity contribution in [3.63, 3.8) is 0 Å². The van der Waals surface area contributed by atoms with Gasteiger partial charge in [-0.15, -0.1) is 0 Å². The minimum atomic E-state index is -1.46. The van der Waals surface area contributed by atoms with E-state index in [1.807, 2.05) is 0 Å². The Balaban J connectivity index is 2.09. The Morgan fingerprint density at radius 1 is 1.26 bits per heavy atom. The molecule has 1 fully saturated rings. The second kappa shape index (κ2) is 4.77. The number of hydrogen-bond donors (Lipinski definition) is 1. The molecule has 1 spiro atoms. The van der Waals surface area contributed by atoms with Gasteiger partial charge in [0.2, 0.25) is 11.8 Å². The number of hydrogen-bond acceptors (Lipinski definition) is 6. The van der Waals surface area contributed by atoms with Gasteiger partial charge in [0, 0.05) is 38.5 Å². The van der Waals surface area contributed by atoms with Gasteiger partial charge in [-0.2, -0.15) is 0 Å². The second-order valence-corrected chi connectivity index (χ2v) is 5.81. The molecule has 0 saturated carbocycles. The van der Waals surface area contributed by atoms with E-state index in [1.54, 1.807) is 18.0 Å². The first-order valence-corrected chi connectivity index (χ1v) is 6.88. The molecule has 2 heterocycles. The van der Waals surface area contributed by atoms with Crippen LogP contribution in [0.25, 0.3) is 0 Å². The lowest BCUT2D eigenvalue weighted by Crippen LogP contribution is -2.67. The van der Waals surface area contributed by atoms with Crippen LogP contribution in [0, 0.1) is 15.5 Å². The average molecular weight is 318 g/mol. The fourth-order valence-corrected chi connectivity index (χ4v) is 3.18. The van der Waals surface area contributed by atoms with Crippen LogP contribution in [0.3, 0.4) is 0 Å². The first kappa shape index (κ1) is 14.9. The van der Waals surface area contributed by atoms with E-state index in [4.69, 9.17) is 0 Å². The number of urea groups is 1. The summed E-state index contributed by atoms with van der Waals surface area (Å²) in [7, 11) is 3.00. The van der Waals surface area contributed by atoms with E-state index in [1.165, 1.54) is 19.2 Å². The number of rotatable bonds is 1. The molecule has 1 unspecified atom stereocenters. The number of benzene rings is 1. The monoisotopic (exact) mass is 318 g/mol. The van der Waals surface area contributed by atoms with Gasteiger partial charge in [0.15, 0.2) is 0 Å². The summed E-state index contributed by atoms with van der Waals surface area (Å²) in [5.74, 6) is -1.27. The van der Waals surface area contributed by atoms with Crippen LogP contribution in [0.1, 0.15) is 5.56 Å². The van der Waals surface area contributed by atoms with Crippen LogP contribution < -0.4 is 10.2 Å². The van der Waals surface area contributed by atoms with Gasteiger partial charge in [-0.1, -0.05) is 0 Å². The third-order valence-corrected chi connectivity index (χ3v) is 4.36. The molecule has 2 aliphatic rings. The summed E-state index contributed by atoms with van der Waals surface area (Å²) in [5, 5.41) is 13.1. The number of amides is 4. The molecule has 0 aromatic heterocycles. The second-order valence-electron chi connectivity index (χ2n) is 5.81. The van der Waals surface area contributed by atoms with Crippen LogP contribution in [-0.4, -0.2) is 48.3 Å². The fourth-order valence-electron chi connectivity index (χ4n) is 3.18. The number of carbonyl (C=O) groups is 3. The summed E-state index contributed by atoms with van der Waals surface area (Å²) in [6.45, 7) is 0.0973. The average Bonchev–Trinajstić information content (AvgIpc) is 2.51. The maximum atomic E-state index is 12.6. The van der Waals surface area contributed by atoms with Crippen LogP contribution in [0.5, 0.6) is 0 Å². The molecule has 9 heteroatoms. The van der Waals surface area contributed by atoms with Gasteiger partial charge in [-0.25, -0.2) is 4.79 Å². The first-order chi connectivity index (χ1) is 10.8.